The lowest BCUT2D eigenvalue weighted by Crippen LogP contribution is -2.38. The zero-order valence-corrected chi connectivity index (χ0v) is 18.5. The first-order chi connectivity index (χ1) is 16.5. The molecule has 2 N–H and O–H groups in total. The Bertz CT molecular complexity index is 1350. The van der Waals surface area contributed by atoms with Crippen LogP contribution in [0.2, 0.25) is 0 Å². The van der Waals surface area contributed by atoms with Crippen LogP contribution in [0.25, 0.3) is 11.0 Å². The van der Waals surface area contributed by atoms with Crippen LogP contribution in [-0.4, -0.2) is 41.5 Å². The maximum Gasteiger partial charge on any atom is 0.205 e. The second-order valence-electron chi connectivity index (χ2n) is 8.21. The molecule has 8 nitrogen and oxygen atoms in total. The van der Waals surface area contributed by atoms with Crippen LogP contribution in [0.3, 0.4) is 0 Å². The number of nitrogens with one attached hydrogen (secondary N) is 2. The molecule has 1 saturated heterocycles. The van der Waals surface area contributed by atoms with E-state index in [9.17, 15) is 13.6 Å². The summed E-state index contributed by atoms with van der Waals surface area (Å²) in [5, 5.41) is 10.1. The maximum absolute atomic E-state index is 13.8. The molecule has 0 aliphatic carbocycles. The number of nitrogens with zero attached hydrogens (tertiary/aromatic N) is 3. The summed E-state index contributed by atoms with van der Waals surface area (Å²) in [5.74, 6) is -0.297. The average molecular weight is 467 g/mol. The van der Waals surface area contributed by atoms with Crippen molar-refractivity contribution in [1.82, 2.24) is 15.2 Å². The van der Waals surface area contributed by atoms with Gasteiger partial charge in [-0.15, -0.1) is 0 Å². The van der Waals surface area contributed by atoms with E-state index in [-0.39, 0.29) is 11.1 Å². The number of fused-ring (bicyclic) bond motifs is 1. The molecule has 0 spiro atoms. The molecule has 10 heteroatoms. The van der Waals surface area contributed by atoms with Gasteiger partial charge in [-0.3, -0.25) is 9.89 Å². The Morgan fingerprint density at radius 2 is 1.91 bits per heavy atom. The first-order valence-corrected chi connectivity index (χ1v) is 11.0. The molecule has 1 atom stereocenters. The Kier molecular flexibility index (Phi) is 5.97. The third-order valence-corrected chi connectivity index (χ3v) is 5.78. The second kappa shape index (κ2) is 9.22. The number of halogens is 2. The first kappa shape index (κ1) is 22.0. The fraction of sp³-hybridized carbons (Fsp3) is 0.292. The quantitative estimate of drug-likeness (QED) is 0.445. The summed E-state index contributed by atoms with van der Waals surface area (Å²) in [6, 6.07) is 8.03. The van der Waals surface area contributed by atoms with Gasteiger partial charge in [-0.2, -0.15) is 5.10 Å². The number of hydrogen-bond donors (Lipinski definition) is 2. The molecule has 1 unspecified atom stereocenters. The number of ether oxygens (including phenoxy) is 1. The van der Waals surface area contributed by atoms with E-state index < -0.39 is 17.7 Å². The Hall–Kier alpha value is -3.79. The van der Waals surface area contributed by atoms with E-state index in [2.05, 4.69) is 20.5 Å². The van der Waals surface area contributed by atoms with Gasteiger partial charge in [0.15, 0.2) is 5.43 Å². The number of anilines is 2. The standard InChI is InChI=1S/C24H23F2N5O3/c1-14(29-18-11-16(25)10-17(26)12-18)22-23(32)19-8-15(9-21-27-13-28-30-21)2-3-20(19)34-24(22)31-4-6-33-7-5-31/h2-3,8,10-14,29H,4-7,9H2,1H3,(H,27,28,30). The van der Waals surface area contributed by atoms with Crippen LogP contribution < -0.4 is 15.6 Å². The molecule has 2 aromatic heterocycles. The van der Waals surface area contributed by atoms with Crippen LogP contribution in [0.5, 0.6) is 0 Å². The summed E-state index contributed by atoms with van der Waals surface area (Å²) in [6.07, 6.45) is 1.91. The van der Waals surface area contributed by atoms with Crippen molar-refractivity contribution in [1.29, 1.82) is 0 Å². The van der Waals surface area contributed by atoms with Gasteiger partial charge in [0.25, 0.3) is 0 Å². The highest BCUT2D eigenvalue weighted by Gasteiger charge is 2.26. The normalized spacial score (nSPS) is 15.0. The molecule has 176 valence electrons. The summed E-state index contributed by atoms with van der Waals surface area (Å²) >= 11 is 0. The highest BCUT2D eigenvalue weighted by atomic mass is 19.1. The van der Waals surface area contributed by atoms with E-state index in [1.807, 2.05) is 11.0 Å². The number of rotatable bonds is 6. The van der Waals surface area contributed by atoms with Crippen LogP contribution in [0.4, 0.5) is 20.4 Å². The Morgan fingerprint density at radius 3 is 2.62 bits per heavy atom. The molecule has 1 aliphatic heterocycles. The summed E-state index contributed by atoms with van der Waals surface area (Å²) in [6.45, 7) is 3.91. The highest BCUT2D eigenvalue weighted by Crippen LogP contribution is 2.31. The van der Waals surface area contributed by atoms with Gasteiger partial charge in [0.2, 0.25) is 5.88 Å². The minimum Gasteiger partial charge on any atom is -0.440 e. The molecule has 1 aliphatic rings. The smallest absolute Gasteiger partial charge is 0.205 e. The van der Waals surface area contributed by atoms with Crippen molar-refractivity contribution in [3.63, 3.8) is 0 Å². The molecule has 4 aromatic rings. The third-order valence-electron chi connectivity index (χ3n) is 5.78. The summed E-state index contributed by atoms with van der Waals surface area (Å²) in [7, 11) is 0. The van der Waals surface area contributed by atoms with Crippen molar-refractivity contribution in [2.75, 3.05) is 36.5 Å². The summed E-state index contributed by atoms with van der Waals surface area (Å²) < 4.78 is 39.2. The van der Waals surface area contributed by atoms with E-state index in [0.717, 1.165) is 11.6 Å². The lowest BCUT2D eigenvalue weighted by molar-refractivity contribution is 0.120. The van der Waals surface area contributed by atoms with Gasteiger partial charge < -0.3 is 19.4 Å². The highest BCUT2D eigenvalue weighted by molar-refractivity contribution is 5.80. The van der Waals surface area contributed by atoms with Crippen molar-refractivity contribution in [2.24, 2.45) is 0 Å². The molecule has 34 heavy (non-hydrogen) atoms. The SMILES string of the molecule is CC(Nc1cc(F)cc(F)c1)c1c(N2CCOCC2)oc2ccc(Cc3ncn[nH]3)cc2c1=O. The minimum atomic E-state index is -0.703. The average Bonchev–Trinajstić information content (AvgIpc) is 3.32. The molecule has 2 aromatic carbocycles. The fourth-order valence-corrected chi connectivity index (χ4v) is 4.21. The molecule has 0 saturated carbocycles. The molecule has 3 heterocycles. The third kappa shape index (κ3) is 4.49. The molecule has 0 bridgehead atoms. The maximum atomic E-state index is 13.8. The largest absolute Gasteiger partial charge is 0.440 e. The zero-order valence-electron chi connectivity index (χ0n) is 18.5. The zero-order chi connectivity index (χ0) is 23.7. The van der Waals surface area contributed by atoms with Crippen molar-refractivity contribution in [3.05, 3.63) is 81.5 Å². The van der Waals surface area contributed by atoms with Crippen LogP contribution >= 0.6 is 0 Å². The fourth-order valence-electron chi connectivity index (χ4n) is 4.21. The number of morpholine rings is 1. The lowest BCUT2D eigenvalue weighted by atomic mass is 10.0. The van der Waals surface area contributed by atoms with E-state index in [1.165, 1.54) is 18.5 Å². The molecule has 0 radical (unpaired) electrons. The molecule has 1 fully saturated rings. The van der Waals surface area contributed by atoms with E-state index in [0.29, 0.717) is 61.0 Å². The van der Waals surface area contributed by atoms with Gasteiger partial charge in [0.05, 0.1) is 30.2 Å². The molecular weight excluding hydrogens is 444 g/mol. The first-order valence-electron chi connectivity index (χ1n) is 11.0. The minimum absolute atomic E-state index is 0.209. The number of benzene rings is 2. The van der Waals surface area contributed by atoms with Gasteiger partial charge in [0, 0.05) is 31.3 Å². The van der Waals surface area contributed by atoms with Gasteiger partial charge in [-0.05, 0) is 36.8 Å². The van der Waals surface area contributed by atoms with Crippen molar-refractivity contribution < 1.29 is 17.9 Å². The number of hydrogen-bond acceptors (Lipinski definition) is 7. The Balaban J connectivity index is 1.59. The van der Waals surface area contributed by atoms with Crippen LogP contribution in [0.15, 0.2) is 51.9 Å². The van der Waals surface area contributed by atoms with Gasteiger partial charge in [-0.25, -0.2) is 13.8 Å². The second-order valence-corrected chi connectivity index (χ2v) is 8.21. The van der Waals surface area contributed by atoms with E-state index >= 15 is 0 Å². The predicted octanol–water partition coefficient (Wildman–Crippen LogP) is 3.79. The van der Waals surface area contributed by atoms with Crippen molar-refractivity contribution >= 4 is 22.5 Å². The van der Waals surface area contributed by atoms with E-state index in [4.69, 9.17) is 9.15 Å². The van der Waals surface area contributed by atoms with Gasteiger partial charge in [0.1, 0.15) is 29.4 Å². The number of H-pyrrole nitrogens is 1. The van der Waals surface area contributed by atoms with E-state index in [1.54, 1.807) is 19.1 Å². The predicted molar refractivity (Wildman–Crippen MR) is 123 cm³/mol. The molecule has 0 amide bonds. The topological polar surface area (TPSA) is 96.3 Å². The van der Waals surface area contributed by atoms with Crippen LogP contribution in [-0.2, 0) is 11.2 Å². The number of aromatic amines is 1. The summed E-state index contributed by atoms with van der Waals surface area (Å²) in [4.78, 5) is 19.9. The van der Waals surface area contributed by atoms with Gasteiger partial charge in [-0.1, -0.05) is 6.07 Å². The summed E-state index contributed by atoms with van der Waals surface area (Å²) in [5.41, 5.74) is 1.74. The van der Waals surface area contributed by atoms with Crippen molar-refractivity contribution in [3.8, 4) is 0 Å². The monoisotopic (exact) mass is 467 g/mol. The molecular formula is C24H23F2N5O3. The van der Waals surface area contributed by atoms with Gasteiger partial charge >= 0.3 is 0 Å². The Labute approximate surface area is 193 Å². The van der Waals surface area contributed by atoms with Crippen LogP contribution in [0, 0.1) is 11.6 Å². The molecule has 5 rings (SSSR count). The lowest BCUT2D eigenvalue weighted by Gasteiger charge is -2.30. The van der Waals surface area contributed by atoms with Crippen molar-refractivity contribution in [2.45, 2.75) is 19.4 Å². The van der Waals surface area contributed by atoms with Crippen LogP contribution in [0.1, 0.15) is 29.9 Å². The Morgan fingerprint density at radius 1 is 1.15 bits per heavy atom. The number of aromatic nitrogens is 3.